The van der Waals surface area contributed by atoms with Gasteiger partial charge in [-0.1, -0.05) is 0 Å². The van der Waals surface area contributed by atoms with Crippen LogP contribution in [0.4, 0.5) is 0 Å². The van der Waals surface area contributed by atoms with Gasteiger partial charge in [-0.3, -0.25) is 0 Å². The average molecular weight is 393 g/mol. The first-order chi connectivity index (χ1) is 9.59. The Morgan fingerprint density at radius 2 is 1.45 bits per heavy atom. The first-order valence-corrected chi connectivity index (χ1v) is 15.1. The summed E-state index contributed by atoms with van der Waals surface area (Å²) in [6.07, 6.45) is 13.9. The summed E-state index contributed by atoms with van der Waals surface area (Å²) >= 11 is -1.46. The molecule has 0 aromatic carbocycles. The summed E-state index contributed by atoms with van der Waals surface area (Å²) in [5.41, 5.74) is 0. The fourth-order valence-corrected chi connectivity index (χ4v) is 16.0. The van der Waals surface area contributed by atoms with E-state index in [4.69, 9.17) is 0 Å². The molecule has 20 heavy (non-hydrogen) atoms. The molecule has 0 amide bonds. The van der Waals surface area contributed by atoms with Gasteiger partial charge in [-0.2, -0.15) is 0 Å². The molecule has 0 aromatic heterocycles. The third-order valence-electron chi connectivity index (χ3n) is 6.61. The fourth-order valence-electron chi connectivity index (χ4n) is 4.91. The molecule has 1 heterocycles. The van der Waals surface area contributed by atoms with Crippen LogP contribution >= 0.6 is 0 Å². The van der Waals surface area contributed by atoms with Gasteiger partial charge in [-0.25, -0.2) is 0 Å². The van der Waals surface area contributed by atoms with E-state index in [1.165, 1.54) is 23.2 Å². The van der Waals surface area contributed by atoms with Gasteiger partial charge in [0.2, 0.25) is 0 Å². The van der Waals surface area contributed by atoms with E-state index in [0.717, 1.165) is 17.9 Å². The van der Waals surface area contributed by atoms with Gasteiger partial charge in [0, 0.05) is 0 Å². The van der Waals surface area contributed by atoms with E-state index in [0.29, 0.717) is 0 Å². The van der Waals surface area contributed by atoms with Crippen LogP contribution in [-0.2, 0) is 0 Å². The molecule has 0 radical (unpaired) electrons. The standard InChI is InChI=1S/C18H36IN/c1-15-5-4-6-17(10-7-15)19(3)13-14-20(19)18-11-8-16(2)9-12-18/h15-18,20H,4-14H2,1-3H3. The predicted molar refractivity (Wildman–Crippen MR) is 84.1 cm³/mol. The van der Waals surface area contributed by atoms with Crippen LogP contribution in [0, 0.1) is 11.8 Å². The fraction of sp³-hybridized carbons (Fsp3) is 1.00. The summed E-state index contributed by atoms with van der Waals surface area (Å²) in [5, 5.41) is 0. The van der Waals surface area contributed by atoms with Crippen molar-refractivity contribution >= 4 is 0 Å². The van der Waals surface area contributed by atoms with Gasteiger partial charge in [0.05, 0.1) is 0 Å². The SMILES string of the molecule is CC1CCC([NH+]2CC[I-]2(C)C2CCCC(C)CC2)CC1. The molecule has 0 aromatic rings. The third-order valence-corrected chi connectivity index (χ3v) is 19.1. The predicted octanol–water partition coefficient (Wildman–Crippen LogP) is 0.138. The van der Waals surface area contributed by atoms with E-state index >= 15 is 0 Å². The number of hydrogen-bond donors (Lipinski definition) is 1. The normalized spacial score (nSPS) is 53.5. The van der Waals surface area contributed by atoms with Crippen LogP contribution in [0.25, 0.3) is 0 Å². The van der Waals surface area contributed by atoms with E-state index in [1.807, 2.05) is 0 Å². The minimum absolute atomic E-state index is 1.02. The van der Waals surface area contributed by atoms with Gasteiger partial charge >= 0.3 is 131 Å². The monoisotopic (exact) mass is 393 g/mol. The maximum atomic E-state index is 2.82. The second-order valence-corrected chi connectivity index (χ2v) is 18.5. The average Bonchev–Trinajstić information content (AvgIpc) is 2.64. The second-order valence-electron chi connectivity index (χ2n) is 8.12. The van der Waals surface area contributed by atoms with Crippen molar-refractivity contribution < 1.29 is 21.8 Å². The molecule has 2 saturated carbocycles. The Morgan fingerprint density at radius 3 is 2.10 bits per heavy atom. The van der Waals surface area contributed by atoms with Crippen LogP contribution in [0.5, 0.6) is 0 Å². The zero-order valence-corrected chi connectivity index (χ0v) is 16.1. The molecule has 1 aliphatic heterocycles. The van der Waals surface area contributed by atoms with E-state index in [9.17, 15) is 0 Å². The minimum atomic E-state index is -1.46. The molecule has 2 heteroatoms. The summed E-state index contributed by atoms with van der Waals surface area (Å²) in [7, 11) is 0. The quantitative estimate of drug-likeness (QED) is 0.295. The van der Waals surface area contributed by atoms with Gasteiger partial charge in [-0.05, 0) is 0 Å². The van der Waals surface area contributed by atoms with Crippen molar-refractivity contribution in [1.29, 1.82) is 0 Å². The zero-order valence-electron chi connectivity index (χ0n) is 14.0. The molecular formula is C18H36IN. The van der Waals surface area contributed by atoms with E-state index in [2.05, 4.69) is 21.9 Å². The summed E-state index contributed by atoms with van der Waals surface area (Å²) in [5.74, 6) is 2.03. The van der Waals surface area contributed by atoms with Crippen molar-refractivity contribution in [3.05, 3.63) is 0 Å². The summed E-state index contributed by atoms with van der Waals surface area (Å²) in [6, 6.07) is 1.09. The first-order valence-electron chi connectivity index (χ1n) is 9.12. The van der Waals surface area contributed by atoms with Crippen molar-refractivity contribution in [3.63, 3.8) is 0 Å². The van der Waals surface area contributed by atoms with Crippen LogP contribution in [0.2, 0.25) is 0 Å². The molecule has 3 fully saturated rings. The molecule has 1 nitrogen and oxygen atoms in total. The van der Waals surface area contributed by atoms with Crippen molar-refractivity contribution in [2.45, 2.75) is 81.6 Å². The van der Waals surface area contributed by atoms with Crippen molar-refractivity contribution in [1.82, 2.24) is 0 Å². The van der Waals surface area contributed by atoms with Gasteiger partial charge in [-0.15, -0.1) is 0 Å². The topological polar surface area (TPSA) is 4.44 Å². The molecular weight excluding hydrogens is 357 g/mol. The molecule has 0 spiro atoms. The van der Waals surface area contributed by atoms with Crippen LogP contribution < -0.4 is 21.8 Å². The number of hydrogen-bond acceptors (Lipinski definition) is 0. The molecule has 1 saturated heterocycles. The summed E-state index contributed by atoms with van der Waals surface area (Å²) in [4.78, 5) is 2.82. The number of halogens is 1. The van der Waals surface area contributed by atoms with Gasteiger partial charge in [0.25, 0.3) is 0 Å². The van der Waals surface area contributed by atoms with Crippen LogP contribution in [0.1, 0.15) is 71.6 Å². The Balaban J connectivity index is 1.62. The van der Waals surface area contributed by atoms with Crippen LogP contribution in [-0.4, -0.2) is 25.9 Å². The summed E-state index contributed by atoms with van der Waals surface area (Å²) in [6.45, 7) is 6.51. The van der Waals surface area contributed by atoms with E-state index < -0.39 is 18.7 Å². The van der Waals surface area contributed by atoms with Gasteiger partial charge in [0.15, 0.2) is 0 Å². The Hall–Kier alpha value is 0.690. The number of nitrogens with one attached hydrogen (secondary N) is 1. The molecule has 2 aliphatic carbocycles. The van der Waals surface area contributed by atoms with Crippen molar-refractivity contribution in [2.24, 2.45) is 11.8 Å². The zero-order chi connectivity index (χ0) is 14.2. The van der Waals surface area contributed by atoms with Gasteiger partial charge < -0.3 is 0 Å². The van der Waals surface area contributed by atoms with Gasteiger partial charge in [0.1, 0.15) is 0 Å². The molecule has 3 aliphatic rings. The van der Waals surface area contributed by atoms with Crippen LogP contribution in [0.15, 0.2) is 0 Å². The van der Waals surface area contributed by atoms with Crippen molar-refractivity contribution in [3.8, 4) is 0 Å². The number of quaternary nitrogens is 1. The Morgan fingerprint density at radius 1 is 0.800 bits per heavy atom. The molecule has 120 valence electrons. The number of alkyl halides is 3. The second kappa shape index (κ2) is 6.44. The number of rotatable bonds is 2. The molecule has 1 N–H and O–H groups in total. The Labute approximate surface area is 131 Å². The van der Waals surface area contributed by atoms with Crippen molar-refractivity contribution in [2.75, 3.05) is 15.9 Å². The molecule has 4 unspecified atom stereocenters. The molecule has 0 bridgehead atoms. The Kier molecular flexibility index (Phi) is 5.01. The molecule has 3 rings (SSSR count). The maximum absolute atomic E-state index is 2.82. The van der Waals surface area contributed by atoms with Crippen LogP contribution in [0.3, 0.4) is 0 Å². The Bertz CT molecular complexity index is 323. The molecule has 4 atom stereocenters. The van der Waals surface area contributed by atoms with E-state index in [-0.39, 0.29) is 0 Å². The summed E-state index contributed by atoms with van der Waals surface area (Å²) < 4.78 is 5.09. The van der Waals surface area contributed by atoms with E-state index in [1.54, 1.807) is 49.5 Å². The first kappa shape index (κ1) is 15.6. The third kappa shape index (κ3) is 3.06.